The second-order valence-electron chi connectivity index (χ2n) is 29.3. The van der Waals surface area contributed by atoms with E-state index in [0.29, 0.717) is 0 Å². The molecule has 0 unspecified atom stereocenters. The molecule has 11 heteroatoms. The number of aryl methyl sites for hydroxylation is 2. The molecule has 542 valence electrons. The summed E-state index contributed by atoms with van der Waals surface area (Å²) in [4.78, 5) is 24.9. The molecule has 9 nitrogen and oxygen atoms in total. The van der Waals surface area contributed by atoms with Crippen LogP contribution < -0.4 is 0 Å². The molecule has 0 amide bonds. The SMILES string of the molecule is Cn1c(-c2[c-]c3c(cc2)c2cc(-c4cccc5ccccc45)cnc2n3-c2[c-]c(-c3ccccn3)ccc2)nc2cc(-c3ccc4c(c3)Cc3ccccc3-4)ccc21.Cn1c(-c2[c-]c3c(cc2)c2cc(-c4ccccc4)ccc2n3-c2[c-]c(-c3ccccn3)ccc2)nc2ccc(-c3ccc4c(c3)Cc3ccccc3-4)cc21.[Pt+2].[Pt+2]. The summed E-state index contributed by atoms with van der Waals surface area (Å²) in [7, 11) is 4.20. The molecule has 0 bridgehead atoms. The molecule has 0 atom stereocenters. The van der Waals surface area contributed by atoms with Crippen molar-refractivity contribution in [3.05, 3.63) is 381 Å². The van der Waals surface area contributed by atoms with Crippen molar-refractivity contribution in [2.75, 3.05) is 0 Å². The summed E-state index contributed by atoms with van der Waals surface area (Å²) in [6, 6.07) is 127. The fourth-order valence-corrected chi connectivity index (χ4v) is 17.3. The summed E-state index contributed by atoms with van der Waals surface area (Å²) >= 11 is 0. The van der Waals surface area contributed by atoms with Gasteiger partial charge in [-0.2, -0.15) is 0 Å². The molecule has 7 aromatic heterocycles. The van der Waals surface area contributed by atoms with Crippen LogP contribution in [0.2, 0.25) is 0 Å². The van der Waals surface area contributed by atoms with Crippen LogP contribution in [-0.2, 0) is 69.1 Å². The third-order valence-electron chi connectivity index (χ3n) is 22.8. The van der Waals surface area contributed by atoms with E-state index < -0.39 is 0 Å². The number of rotatable bonds is 10. The molecule has 14 aromatic carbocycles. The molecular weight excluding hydrogens is 1750 g/mol. The summed E-state index contributed by atoms with van der Waals surface area (Å²) in [6.07, 6.45) is 7.58. The van der Waals surface area contributed by atoms with E-state index in [1.807, 2.05) is 55.0 Å². The molecule has 0 saturated carbocycles. The Balaban J connectivity index is 0.000000146. The molecule has 0 spiro atoms. The summed E-state index contributed by atoms with van der Waals surface area (Å²) < 4.78 is 8.84. The van der Waals surface area contributed by atoms with Gasteiger partial charge in [0.25, 0.3) is 0 Å². The molecule has 2 aliphatic carbocycles. The van der Waals surface area contributed by atoms with Crippen molar-refractivity contribution in [3.8, 4) is 123 Å². The van der Waals surface area contributed by atoms with Crippen molar-refractivity contribution in [1.82, 2.24) is 43.2 Å². The van der Waals surface area contributed by atoms with Crippen molar-refractivity contribution in [1.29, 1.82) is 0 Å². The molecule has 0 fully saturated rings. The van der Waals surface area contributed by atoms with Crippen LogP contribution in [-0.4, -0.2) is 43.2 Å². The van der Waals surface area contributed by atoms with Crippen LogP contribution >= 0.6 is 0 Å². The quantitative estimate of drug-likeness (QED) is 0.127. The van der Waals surface area contributed by atoms with Crippen molar-refractivity contribution in [3.63, 3.8) is 0 Å². The Morgan fingerprint density at radius 3 is 1.46 bits per heavy atom. The number of imidazole rings is 2. The average molecular weight is 1820 g/mol. The predicted octanol–water partition coefficient (Wildman–Crippen LogP) is 24.4. The normalized spacial score (nSPS) is 11.9. The Bertz CT molecular complexity index is 7410. The van der Waals surface area contributed by atoms with Gasteiger partial charge in [-0.1, -0.05) is 223 Å². The topological polar surface area (TPSA) is 84.2 Å². The van der Waals surface area contributed by atoms with Gasteiger partial charge in [0.15, 0.2) is 0 Å². The predicted molar refractivity (Wildman–Crippen MR) is 456 cm³/mol. The Morgan fingerprint density at radius 1 is 0.289 bits per heavy atom. The zero-order valence-electron chi connectivity index (χ0n) is 61.8. The monoisotopic (exact) mass is 1820 g/mol. The van der Waals surface area contributed by atoms with E-state index in [0.717, 1.165) is 152 Å². The maximum absolute atomic E-state index is 5.26. The summed E-state index contributed by atoms with van der Waals surface area (Å²) in [5, 5.41) is 6.80. The number of nitrogens with zero attached hydrogens (tertiary/aromatic N) is 9. The van der Waals surface area contributed by atoms with Crippen LogP contribution in [0, 0.1) is 24.3 Å². The first kappa shape index (κ1) is 69.9. The van der Waals surface area contributed by atoms with E-state index in [-0.39, 0.29) is 42.1 Å². The molecule has 0 radical (unpaired) electrons. The second-order valence-corrected chi connectivity index (χ2v) is 29.3. The van der Waals surface area contributed by atoms with E-state index in [4.69, 9.17) is 15.0 Å². The van der Waals surface area contributed by atoms with Gasteiger partial charge in [-0.3, -0.25) is 9.97 Å². The molecular formula is C103H65N9Pt2. The number of hydrogen-bond donors (Lipinski definition) is 0. The smallest absolute Gasteiger partial charge is 0.367 e. The number of pyridine rings is 3. The fraction of sp³-hybridized carbons (Fsp3) is 0.0388. The first-order valence-corrected chi connectivity index (χ1v) is 38.0. The maximum Gasteiger partial charge on any atom is 2.00 e. The number of aromatic nitrogens is 9. The molecule has 0 aliphatic heterocycles. The zero-order valence-corrected chi connectivity index (χ0v) is 66.4. The van der Waals surface area contributed by atoms with E-state index in [1.54, 1.807) is 0 Å². The van der Waals surface area contributed by atoms with Crippen LogP contribution in [0.3, 0.4) is 0 Å². The molecule has 114 heavy (non-hydrogen) atoms. The van der Waals surface area contributed by atoms with E-state index in [2.05, 4.69) is 346 Å². The van der Waals surface area contributed by atoms with Gasteiger partial charge in [0, 0.05) is 43.8 Å². The van der Waals surface area contributed by atoms with Gasteiger partial charge in [-0.15, -0.1) is 107 Å². The van der Waals surface area contributed by atoms with Crippen molar-refractivity contribution in [2.45, 2.75) is 12.8 Å². The van der Waals surface area contributed by atoms with Gasteiger partial charge in [-0.25, -0.2) is 4.98 Å². The summed E-state index contributed by atoms with van der Waals surface area (Å²) in [6.45, 7) is 0. The van der Waals surface area contributed by atoms with Gasteiger partial charge in [0.2, 0.25) is 0 Å². The number of fused-ring (bicyclic) bond motifs is 15. The van der Waals surface area contributed by atoms with Crippen molar-refractivity contribution in [2.24, 2.45) is 14.1 Å². The van der Waals surface area contributed by atoms with Crippen molar-refractivity contribution >= 4 is 76.6 Å². The largest absolute Gasteiger partial charge is 2.00 e. The Morgan fingerprint density at radius 2 is 0.789 bits per heavy atom. The van der Waals surface area contributed by atoms with E-state index in [9.17, 15) is 0 Å². The van der Waals surface area contributed by atoms with Crippen LogP contribution in [0.5, 0.6) is 0 Å². The molecule has 23 rings (SSSR count). The Labute approximate surface area is 687 Å². The van der Waals surface area contributed by atoms with Crippen LogP contribution in [0.25, 0.3) is 200 Å². The minimum Gasteiger partial charge on any atom is -0.367 e. The van der Waals surface area contributed by atoms with Crippen molar-refractivity contribution < 1.29 is 42.1 Å². The molecule has 0 saturated heterocycles. The van der Waals surface area contributed by atoms with Gasteiger partial charge < -0.3 is 28.2 Å². The van der Waals surface area contributed by atoms with E-state index in [1.165, 1.54) is 83.1 Å². The first-order valence-electron chi connectivity index (χ1n) is 38.0. The first-order chi connectivity index (χ1) is 55.3. The zero-order chi connectivity index (χ0) is 74.1. The summed E-state index contributed by atoms with van der Waals surface area (Å²) in [5.41, 5.74) is 35.5. The van der Waals surface area contributed by atoms with Gasteiger partial charge in [0.1, 0.15) is 5.65 Å². The van der Waals surface area contributed by atoms with Gasteiger partial charge >= 0.3 is 42.1 Å². The number of benzene rings is 14. The maximum atomic E-state index is 5.26. The molecule has 21 aromatic rings. The molecule has 2 aliphatic rings. The standard InChI is InChI=1S/C53H33N5.C50H32N4.2Pt/c1-57-50-24-21-35(34-19-22-45-39(26-34)27-36-11-3-5-16-43(36)45)30-49(50)56-52(57)38-20-23-46-47-29-40(44-17-9-12-33-10-2-4-15-42(33)44)32-55-53(47)58(51(46)31-38)41-14-8-13-37(28-41)48-18-6-7-25-54-48;1-53-49-30-35(33-17-21-42-39(26-33)27-36-12-5-6-15-41(36)42)19-23-46(49)52-50(53)38-18-22-43-44-29-34(32-10-3-2-4-11-32)20-24-47(44)54(48(43)31-38)40-14-9-13-37(28-40)45-16-7-8-25-51-45;;/h2-26,29-30,32H,27H2,1H3;2-26,29-30H,27H2,1H3;;/q2*-2;2*+2. The minimum absolute atomic E-state index is 0. The van der Waals surface area contributed by atoms with Crippen LogP contribution in [0.4, 0.5) is 0 Å². The molecule has 7 heterocycles. The summed E-state index contributed by atoms with van der Waals surface area (Å²) in [5.74, 6) is 1.73. The third kappa shape index (κ3) is 11.9. The fourth-order valence-electron chi connectivity index (χ4n) is 17.3. The van der Waals surface area contributed by atoms with Crippen LogP contribution in [0.15, 0.2) is 334 Å². The number of hydrogen-bond acceptors (Lipinski definition) is 5. The minimum atomic E-state index is 0. The third-order valence-corrected chi connectivity index (χ3v) is 22.8. The van der Waals surface area contributed by atoms with Gasteiger partial charge in [0.05, 0.1) is 33.7 Å². The Kier molecular flexibility index (Phi) is 17.5. The van der Waals surface area contributed by atoms with Gasteiger partial charge in [-0.05, 0) is 194 Å². The second kappa shape index (κ2) is 28.5. The van der Waals surface area contributed by atoms with E-state index >= 15 is 0 Å². The molecule has 0 N–H and O–H groups in total. The Hall–Kier alpha value is -13.3. The van der Waals surface area contributed by atoms with Crippen LogP contribution in [0.1, 0.15) is 22.3 Å². The average Bonchev–Trinajstić information content (AvgIpc) is 1.58.